The molecule has 1 aliphatic rings. The molecule has 0 saturated carbocycles. The summed E-state index contributed by atoms with van der Waals surface area (Å²) in [7, 11) is 0. The van der Waals surface area contributed by atoms with Crippen LogP contribution in [0.1, 0.15) is 33.9 Å². The lowest BCUT2D eigenvalue weighted by Crippen LogP contribution is -2.33. The Balaban J connectivity index is 2.29. The van der Waals surface area contributed by atoms with E-state index in [1.165, 1.54) is 13.0 Å². The fourth-order valence-electron chi connectivity index (χ4n) is 3.03. The first-order chi connectivity index (χ1) is 13.6. The number of pyridine rings is 1. The van der Waals surface area contributed by atoms with Gasteiger partial charge in [-0.25, -0.2) is 9.98 Å². The van der Waals surface area contributed by atoms with Crippen LogP contribution in [0.15, 0.2) is 17.1 Å². The first kappa shape index (κ1) is 20.0. The highest BCUT2D eigenvalue weighted by Gasteiger charge is 2.36. The molecule has 0 spiro atoms. The largest absolute Gasteiger partial charge is 0.416 e. The summed E-state index contributed by atoms with van der Waals surface area (Å²) < 4.78 is 39.6. The molecule has 1 aromatic heterocycles. The molecule has 1 atom stereocenters. The minimum absolute atomic E-state index is 0.0328. The second-order valence-electron chi connectivity index (χ2n) is 6.04. The van der Waals surface area contributed by atoms with Crippen LogP contribution in [0.2, 0.25) is 5.02 Å². The predicted octanol–water partition coefficient (Wildman–Crippen LogP) is 3.04. The molecule has 1 aliphatic heterocycles. The number of hydrogen-bond acceptors (Lipinski definition) is 8. The van der Waals surface area contributed by atoms with Gasteiger partial charge in [-0.3, -0.25) is 5.32 Å². The Morgan fingerprint density at radius 1 is 1.28 bits per heavy atom. The number of anilines is 3. The van der Waals surface area contributed by atoms with Gasteiger partial charge >= 0.3 is 6.18 Å². The van der Waals surface area contributed by atoms with E-state index in [2.05, 4.69) is 20.6 Å². The lowest BCUT2D eigenvalue weighted by molar-refractivity contribution is -0.138. The van der Waals surface area contributed by atoms with Crippen molar-refractivity contribution < 1.29 is 13.2 Å². The van der Waals surface area contributed by atoms with E-state index in [0.717, 1.165) is 6.07 Å². The summed E-state index contributed by atoms with van der Waals surface area (Å²) in [5.41, 5.74) is 11.0. The highest BCUT2D eigenvalue weighted by Crippen LogP contribution is 2.45. The molecule has 1 aromatic carbocycles. The van der Waals surface area contributed by atoms with Crippen LogP contribution in [0.25, 0.3) is 0 Å². The molecular formula is C17H12ClF3N8. The van der Waals surface area contributed by atoms with Gasteiger partial charge in [-0.05, 0) is 18.6 Å². The van der Waals surface area contributed by atoms with Crippen molar-refractivity contribution in [3.8, 4) is 12.3 Å². The molecule has 148 valence electrons. The normalized spacial score (nSPS) is 15.4. The van der Waals surface area contributed by atoms with E-state index in [9.17, 15) is 18.4 Å². The number of fused-ring (bicyclic) bond motifs is 1. The Morgan fingerprint density at radius 3 is 2.55 bits per heavy atom. The highest BCUT2D eigenvalue weighted by molar-refractivity contribution is 6.32. The smallest absolute Gasteiger partial charge is 0.397 e. The third-order valence-corrected chi connectivity index (χ3v) is 4.88. The molecule has 0 fully saturated rings. The van der Waals surface area contributed by atoms with Crippen molar-refractivity contribution >= 4 is 34.9 Å². The van der Waals surface area contributed by atoms with E-state index < -0.39 is 17.8 Å². The average Bonchev–Trinajstić information content (AvgIpc) is 2.62. The number of nitriles is 2. The highest BCUT2D eigenvalue weighted by atomic mass is 35.5. The Labute approximate surface area is 167 Å². The van der Waals surface area contributed by atoms with E-state index in [4.69, 9.17) is 28.3 Å². The quantitative estimate of drug-likeness (QED) is 0.409. The molecule has 6 N–H and O–H groups in total. The maximum absolute atomic E-state index is 13.2. The van der Waals surface area contributed by atoms with E-state index in [0.29, 0.717) is 0 Å². The minimum Gasteiger partial charge on any atom is -0.397 e. The topological polar surface area (TPSA) is 149 Å². The van der Waals surface area contributed by atoms with E-state index >= 15 is 0 Å². The molecule has 0 amide bonds. The number of hydrogen-bond donors (Lipinski definition) is 4. The second kappa shape index (κ2) is 7.04. The molecule has 0 aliphatic carbocycles. The van der Waals surface area contributed by atoms with Gasteiger partial charge in [0.15, 0.2) is 6.19 Å². The number of alkyl halides is 3. The zero-order chi connectivity index (χ0) is 21.5. The number of nitrogen functional groups attached to an aromatic ring is 2. The number of aliphatic imine (C=N–C) groups is 1. The lowest BCUT2D eigenvalue weighted by atomic mass is 9.92. The molecule has 0 radical (unpaired) electrons. The second-order valence-corrected chi connectivity index (χ2v) is 6.42. The maximum atomic E-state index is 13.2. The number of nitrogens with two attached hydrogens (primary N) is 2. The van der Waals surface area contributed by atoms with Gasteiger partial charge in [0.25, 0.3) is 0 Å². The number of nitrogens with one attached hydrogen (secondary N) is 2. The molecular weight excluding hydrogens is 409 g/mol. The molecule has 2 heterocycles. The summed E-state index contributed by atoms with van der Waals surface area (Å²) in [6.07, 6.45) is -2.91. The number of rotatable bonds is 1. The molecule has 0 bridgehead atoms. The van der Waals surface area contributed by atoms with Crippen LogP contribution >= 0.6 is 11.6 Å². The molecule has 8 nitrogen and oxygen atoms in total. The Morgan fingerprint density at radius 2 is 1.97 bits per heavy atom. The minimum atomic E-state index is -4.59. The first-order valence-electron chi connectivity index (χ1n) is 7.95. The molecule has 1 unspecified atom stereocenters. The maximum Gasteiger partial charge on any atom is 0.416 e. The molecule has 2 aromatic rings. The van der Waals surface area contributed by atoms with E-state index in [-0.39, 0.29) is 50.6 Å². The molecule has 12 heteroatoms. The summed E-state index contributed by atoms with van der Waals surface area (Å²) in [5.74, 6) is -0.0807. The van der Waals surface area contributed by atoms with E-state index in [1.54, 1.807) is 6.19 Å². The first-order valence-corrected chi connectivity index (χ1v) is 8.33. The van der Waals surface area contributed by atoms with Crippen molar-refractivity contribution in [1.29, 1.82) is 10.5 Å². The SMILES string of the molecule is Cc1c(C(F)(F)F)ccc(C2N=C(NC#N)Nc3nc(N)c(C#N)c(N)c32)c1Cl. The zero-order valence-corrected chi connectivity index (χ0v) is 15.4. The van der Waals surface area contributed by atoms with Crippen LogP contribution in [0, 0.1) is 29.7 Å². The summed E-state index contributed by atoms with van der Waals surface area (Å²) in [4.78, 5) is 8.35. The number of nitrogens with zero attached hydrogens (tertiary/aromatic N) is 4. The van der Waals surface area contributed by atoms with Crippen LogP contribution in [0.5, 0.6) is 0 Å². The summed E-state index contributed by atoms with van der Waals surface area (Å²) in [5, 5.41) is 23.0. The Kier molecular flexibility index (Phi) is 4.86. The van der Waals surface area contributed by atoms with E-state index in [1.807, 2.05) is 6.07 Å². The van der Waals surface area contributed by atoms with Gasteiger partial charge in [-0.1, -0.05) is 17.7 Å². The van der Waals surface area contributed by atoms with Crippen LogP contribution in [-0.4, -0.2) is 10.9 Å². The van der Waals surface area contributed by atoms with Crippen LogP contribution < -0.4 is 22.1 Å². The fourth-order valence-corrected chi connectivity index (χ4v) is 3.30. The third kappa shape index (κ3) is 3.32. The van der Waals surface area contributed by atoms with Crippen molar-refractivity contribution in [3.63, 3.8) is 0 Å². The van der Waals surface area contributed by atoms with Crippen molar-refractivity contribution in [2.45, 2.75) is 19.1 Å². The summed E-state index contributed by atoms with van der Waals surface area (Å²) >= 11 is 6.26. The van der Waals surface area contributed by atoms with Gasteiger partial charge in [0.1, 0.15) is 29.3 Å². The predicted molar refractivity (Wildman–Crippen MR) is 101 cm³/mol. The van der Waals surface area contributed by atoms with Crippen LogP contribution in [0.3, 0.4) is 0 Å². The van der Waals surface area contributed by atoms with Crippen LogP contribution in [0.4, 0.5) is 30.5 Å². The number of aromatic nitrogens is 1. The monoisotopic (exact) mass is 420 g/mol. The van der Waals surface area contributed by atoms with Gasteiger partial charge in [0.05, 0.1) is 11.3 Å². The third-order valence-electron chi connectivity index (χ3n) is 4.37. The summed E-state index contributed by atoms with van der Waals surface area (Å²) in [6.45, 7) is 1.24. The fraction of sp³-hybridized carbons (Fsp3) is 0.176. The van der Waals surface area contributed by atoms with Crippen molar-refractivity contribution in [2.24, 2.45) is 4.99 Å². The number of benzene rings is 1. The number of guanidine groups is 1. The standard InChI is InChI=1S/C17H12ClF3N8/c1-6-9(17(19,20)21)3-2-7(11(6)18)13-10-12(24)8(4-22)14(25)28-15(10)29-16(27-13)26-5-23/h2-3,13H,1H3,(H6,24,25,26,27,28,29). The van der Waals surface area contributed by atoms with Gasteiger partial charge in [0.2, 0.25) is 5.96 Å². The van der Waals surface area contributed by atoms with Crippen molar-refractivity contribution in [1.82, 2.24) is 10.3 Å². The van der Waals surface area contributed by atoms with Crippen molar-refractivity contribution in [3.05, 3.63) is 45.0 Å². The summed E-state index contributed by atoms with van der Waals surface area (Å²) in [6, 6.07) is 2.87. The van der Waals surface area contributed by atoms with Gasteiger partial charge in [-0.15, -0.1) is 0 Å². The Bertz CT molecular complexity index is 1130. The average molecular weight is 421 g/mol. The Hall–Kier alpha value is -3.70. The van der Waals surface area contributed by atoms with Gasteiger partial charge in [-0.2, -0.15) is 23.7 Å². The molecule has 0 saturated heterocycles. The van der Waals surface area contributed by atoms with Gasteiger partial charge in [0, 0.05) is 16.1 Å². The lowest BCUT2D eigenvalue weighted by Gasteiger charge is -2.27. The zero-order valence-electron chi connectivity index (χ0n) is 14.7. The number of halogens is 4. The molecule has 29 heavy (non-hydrogen) atoms. The molecule has 3 rings (SSSR count). The van der Waals surface area contributed by atoms with Gasteiger partial charge < -0.3 is 16.8 Å². The van der Waals surface area contributed by atoms with Crippen molar-refractivity contribution in [2.75, 3.05) is 16.8 Å². The van der Waals surface area contributed by atoms with Crippen LogP contribution in [-0.2, 0) is 6.18 Å².